The summed E-state index contributed by atoms with van der Waals surface area (Å²) in [6.45, 7) is 0.243. The molecule has 0 aliphatic heterocycles. The third kappa shape index (κ3) is 1.64. The Labute approximate surface area is 83.8 Å². The zero-order chi connectivity index (χ0) is 10.0. The minimum atomic E-state index is 0.0902. The third-order valence-electron chi connectivity index (χ3n) is 3.00. The van der Waals surface area contributed by atoms with Gasteiger partial charge < -0.3 is 5.11 Å². The molecule has 1 saturated carbocycles. The van der Waals surface area contributed by atoms with E-state index in [1.165, 1.54) is 0 Å². The first-order chi connectivity index (χ1) is 6.79. The molecule has 0 saturated heterocycles. The Bertz CT molecular complexity index is 374. The summed E-state index contributed by atoms with van der Waals surface area (Å²) in [5.41, 5.74) is 1.90. The number of nitriles is 1. The molecule has 1 aliphatic carbocycles. The zero-order valence-corrected chi connectivity index (χ0v) is 8.03. The summed E-state index contributed by atoms with van der Waals surface area (Å²) in [5.74, 6) is 0. The van der Waals surface area contributed by atoms with Gasteiger partial charge in [0.1, 0.15) is 0 Å². The van der Waals surface area contributed by atoms with Crippen LogP contribution in [-0.2, 0) is 6.42 Å². The molecule has 0 heterocycles. The molecule has 14 heavy (non-hydrogen) atoms. The molecule has 1 aromatic rings. The smallest absolute Gasteiger partial charge is 0.0994 e. The predicted molar refractivity (Wildman–Crippen MR) is 53.6 cm³/mol. The Morgan fingerprint density at radius 1 is 1.36 bits per heavy atom. The van der Waals surface area contributed by atoms with Crippen LogP contribution in [0.15, 0.2) is 24.3 Å². The van der Waals surface area contributed by atoms with Crippen molar-refractivity contribution in [3.8, 4) is 6.07 Å². The molecule has 1 aliphatic rings. The average Bonchev–Trinajstić information content (AvgIpc) is 2.99. The van der Waals surface area contributed by atoms with Crippen LogP contribution in [0.4, 0.5) is 0 Å². The molecule has 0 atom stereocenters. The summed E-state index contributed by atoms with van der Waals surface area (Å²) in [6.07, 6.45) is 3.01. The Balaban J connectivity index is 2.21. The molecule has 2 nitrogen and oxygen atoms in total. The van der Waals surface area contributed by atoms with Gasteiger partial charge in [-0.25, -0.2) is 0 Å². The van der Waals surface area contributed by atoms with Gasteiger partial charge in [0.2, 0.25) is 0 Å². The summed E-state index contributed by atoms with van der Waals surface area (Å²) in [7, 11) is 0. The summed E-state index contributed by atoms with van der Waals surface area (Å²) in [5, 5.41) is 18.1. The topological polar surface area (TPSA) is 44.0 Å². The molecule has 2 heteroatoms. The fraction of sp³-hybridized carbons (Fsp3) is 0.417. The van der Waals surface area contributed by atoms with Crippen LogP contribution in [0.25, 0.3) is 0 Å². The van der Waals surface area contributed by atoms with Crippen molar-refractivity contribution in [2.75, 3.05) is 6.61 Å². The van der Waals surface area contributed by atoms with E-state index < -0.39 is 0 Å². The van der Waals surface area contributed by atoms with Gasteiger partial charge in [-0.05, 0) is 36.3 Å². The maximum Gasteiger partial charge on any atom is 0.0994 e. The van der Waals surface area contributed by atoms with Crippen molar-refractivity contribution < 1.29 is 5.11 Å². The third-order valence-corrected chi connectivity index (χ3v) is 3.00. The lowest BCUT2D eigenvalue weighted by Gasteiger charge is -2.11. The minimum Gasteiger partial charge on any atom is -0.396 e. The van der Waals surface area contributed by atoms with Crippen molar-refractivity contribution in [3.05, 3.63) is 35.4 Å². The van der Waals surface area contributed by atoms with E-state index in [0.717, 1.165) is 30.4 Å². The zero-order valence-electron chi connectivity index (χ0n) is 8.03. The Morgan fingerprint density at radius 3 is 2.64 bits per heavy atom. The largest absolute Gasteiger partial charge is 0.396 e. The first-order valence-corrected chi connectivity index (χ1v) is 4.88. The molecule has 0 unspecified atom stereocenters. The number of hydrogen-bond donors (Lipinski definition) is 1. The molecule has 1 aromatic carbocycles. The van der Waals surface area contributed by atoms with E-state index in [1.807, 2.05) is 24.3 Å². The van der Waals surface area contributed by atoms with Gasteiger partial charge in [-0.1, -0.05) is 18.2 Å². The first-order valence-electron chi connectivity index (χ1n) is 4.88. The normalized spacial score (nSPS) is 17.4. The van der Waals surface area contributed by atoms with Crippen LogP contribution in [0.1, 0.15) is 24.0 Å². The Hall–Kier alpha value is -1.33. The van der Waals surface area contributed by atoms with Gasteiger partial charge in [0, 0.05) is 6.61 Å². The molecule has 0 spiro atoms. The summed E-state index contributed by atoms with van der Waals surface area (Å²) in [4.78, 5) is 0. The highest BCUT2D eigenvalue weighted by atomic mass is 16.3. The SMILES string of the molecule is N#Cc1ccccc1CC1(CO)CC1. The van der Waals surface area contributed by atoms with Crippen LogP contribution in [0.3, 0.4) is 0 Å². The number of hydrogen-bond acceptors (Lipinski definition) is 2. The van der Waals surface area contributed by atoms with Crippen LogP contribution >= 0.6 is 0 Å². The van der Waals surface area contributed by atoms with Gasteiger partial charge in [0.05, 0.1) is 11.6 Å². The molecule has 0 bridgehead atoms. The minimum absolute atomic E-state index is 0.0902. The molecule has 2 rings (SSSR count). The molecule has 1 N–H and O–H groups in total. The molecular formula is C12H13NO. The molecule has 72 valence electrons. The number of benzene rings is 1. The number of aliphatic hydroxyl groups is 1. The van der Waals surface area contributed by atoms with Crippen LogP contribution in [-0.4, -0.2) is 11.7 Å². The highest BCUT2D eigenvalue weighted by Crippen LogP contribution is 2.48. The Morgan fingerprint density at radius 2 is 2.07 bits per heavy atom. The van der Waals surface area contributed by atoms with Gasteiger partial charge >= 0.3 is 0 Å². The monoisotopic (exact) mass is 187 g/mol. The lowest BCUT2D eigenvalue weighted by atomic mass is 9.94. The van der Waals surface area contributed by atoms with E-state index in [4.69, 9.17) is 5.26 Å². The van der Waals surface area contributed by atoms with Crippen LogP contribution in [0.2, 0.25) is 0 Å². The van der Waals surface area contributed by atoms with Crippen LogP contribution in [0.5, 0.6) is 0 Å². The Kier molecular flexibility index (Phi) is 2.26. The molecule has 0 amide bonds. The van der Waals surface area contributed by atoms with Crippen LogP contribution < -0.4 is 0 Å². The average molecular weight is 187 g/mol. The number of aliphatic hydroxyl groups excluding tert-OH is 1. The molecule has 0 aromatic heterocycles. The van der Waals surface area contributed by atoms with Gasteiger partial charge in [0.25, 0.3) is 0 Å². The van der Waals surface area contributed by atoms with Gasteiger partial charge in [-0.15, -0.1) is 0 Å². The lowest BCUT2D eigenvalue weighted by Crippen LogP contribution is -2.10. The molecule has 1 fully saturated rings. The van der Waals surface area contributed by atoms with Crippen molar-refractivity contribution in [1.29, 1.82) is 5.26 Å². The van der Waals surface area contributed by atoms with Gasteiger partial charge in [0.15, 0.2) is 0 Å². The second-order valence-corrected chi connectivity index (χ2v) is 4.10. The first kappa shape index (κ1) is 9.23. The summed E-state index contributed by atoms with van der Waals surface area (Å²) < 4.78 is 0. The second kappa shape index (κ2) is 3.43. The van der Waals surface area contributed by atoms with E-state index in [2.05, 4.69) is 6.07 Å². The quantitative estimate of drug-likeness (QED) is 0.785. The van der Waals surface area contributed by atoms with Gasteiger partial charge in [-0.2, -0.15) is 5.26 Å². The van der Waals surface area contributed by atoms with E-state index in [0.29, 0.717) is 0 Å². The maximum atomic E-state index is 9.20. The number of rotatable bonds is 3. The highest BCUT2D eigenvalue weighted by molar-refractivity contribution is 5.38. The standard InChI is InChI=1S/C12H13NO/c13-8-11-4-2-1-3-10(11)7-12(9-14)5-6-12/h1-4,14H,5-7,9H2. The van der Waals surface area contributed by atoms with Crippen molar-refractivity contribution in [2.24, 2.45) is 5.41 Å². The fourth-order valence-electron chi connectivity index (χ4n) is 1.76. The number of nitrogens with zero attached hydrogens (tertiary/aromatic N) is 1. The van der Waals surface area contributed by atoms with E-state index in [1.54, 1.807) is 0 Å². The van der Waals surface area contributed by atoms with Crippen molar-refractivity contribution in [2.45, 2.75) is 19.3 Å². The molecular weight excluding hydrogens is 174 g/mol. The summed E-state index contributed by atoms with van der Waals surface area (Å²) in [6, 6.07) is 9.83. The van der Waals surface area contributed by atoms with Crippen LogP contribution in [0, 0.1) is 16.7 Å². The van der Waals surface area contributed by atoms with E-state index >= 15 is 0 Å². The highest BCUT2D eigenvalue weighted by Gasteiger charge is 2.42. The lowest BCUT2D eigenvalue weighted by molar-refractivity contribution is 0.211. The van der Waals surface area contributed by atoms with Gasteiger partial charge in [-0.3, -0.25) is 0 Å². The van der Waals surface area contributed by atoms with Crippen molar-refractivity contribution in [3.63, 3.8) is 0 Å². The van der Waals surface area contributed by atoms with Crippen molar-refractivity contribution >= 4 is 0 Å². The summed E-state index contributed by atoms with van der Waals surface area (Å²) >= 11 is 0. The molecule has 0 radical (unpaired) electrons. The fourth-order valence-corrected chi connectivity index (χ4v) is 1.76. The predicted octanol–water partition coefficient (Wildman–Crippen LogP) is 1.87. The second-order valence-electron chi connectivity index (χ2n) is 4.10. The van der Waals surface area contributed by atoms with Crippen molar-refractivity contribution in [1.82, 2.24) is 0 Å². The van der Waals surface area contributed by atoms with E-state index in [9.17, 15) is 5.11 Å². The maximum absolute atomic E-state index is 9.20. The van der Waals surface area contributed by atoms with E-state index in [-0.39, 0.29) is 12.0 Å².